The van der Waals surface area contributed by atoms with Crippen molar-refractivity contribution in [1.29, 1.82) is 0 Å². The largest absolute Gasteiger partial charge is 0.353 e. The minimum absolute atomic E-state index is 0.104. The molecule has 1 saturated heterocycles. The Balaban J connectivity index is 1.90. The number of nitrogens with zero attached hydrogens (tertiary/aromatic N) is 4. The lowest BCUT2D eigenvalue weighted by atomic mass is 9.89. The number of hydrogen-bond acceptors (Lipinski definition) is 4. The van der Waals surface area contributed by atoms with Crippen molar-refractivity contribution in [3.05, 3.63) is 62.3 Å². The summed E-state index contributed by atoms with van der Waals surface area (Å²) in [5.74, 6) is 1.21. The molecule has 3 heterocycles. The lowest BCUT2D eigenvalue weighted by Crippen LogP contribution is -2.49. The van der Waals surface area contributed by atoms with Crippen molar-refractivity contribution in [3.8, 4) is 0 Å². The molecule has 0 bridgehead atoms. The van der Waals surface area contributed by atoms with Crippen molar-refractivity contribution in [2.75, 3.05) is 25.0 Å². The topological polar surface area (TPSA) is 50.5 Å². The van der Waals surface area contributed by atoms with Crippen LogP contribution in [0.3, 0.4) is 0 Å². The molecule has 0 aliphatic carbocycles. The van der Waals surface area contributed by atoms with Crippen LogP contribution in [0.5, 0.6) is 0 Å². The number of likely N-dealkylation sites (tertiary alicyclic amines) is 1. The molecule has 0 amide bonds. The van der Waals surface area contributed by atoms with Crippen molar-refractivity contribution in [2.45, 2.75) is 19.0 Å². The second kappa shape index (κ2) is 5.88. The molecule has 1 aromatic carbocycles. The van der Waals surface area contributed by atoms with E-state index >= 15 is 0 Å². The van der Waals surface area contributed by atoms with Gasteiger partial charge >= 0.3 is 5.69 Å². The van der Waals surface area contributed by atoms with Gasteiger partial charge in [-0.3, -0.25) is 18.8 Å². The van der Waals surface area contributed by atoms with E-state index in [1.54, 1.807) is 18.7 Å². The van der Waals surface area contributed by atoms with Crippen molar-refractivity contribution >= 4 is 5.82 Å². The normalized spacial score (nSPS) is 22.8. The number of hydrogen-bond donors (Lipinski definition) is 0. The predicted molar refractivity (Wildman–Crippen MR) is 97.9 cm³/mol. The molecule has 6 nitrogen and oxygen atoms in total. The van der Waals surface area contributed by atoms with Crippen LogP contribution in [0.4, 0.5) is 5.82 Å². The van der Waals surface area contributed by atoms with Crippen LogP contribution in [0.25, 0.3) is 0 Å². The molecule has 4 rings (SSSR count). The first kappa shape index (κ1) is 16.1. The average molecular weight is 340 g/mol. The van der Waals surface area contributed by atoms with E-state index in [1.807, 2.05) is 18.2 Å². The highest BCUT2D eigenvalue weighted by atomic mass is 16.2. The summed E-state index contributed by atoms with van der Waals surface area (Å²) in [6, 6.07) is 10.3. The Morgan fingerprint density at radius 1 is 1.04 bits per heavy atom. The predicted octanol–water partition coefficient (Wildman–Crippen LogP) is 1.10. The van der Waals surface area contributed by atoms with Crippen LogP contribution in [0.2, 0.25) is 0 Å². The summed E-state index contributed by atoms with van der Waals surface area (Å²) in [5, 5.41) is 0. The maximum Gasteiger partial charge on any atom is 0.332 e. The van der Waals surface area contributed by atoms with Gasteiger partial charge in [-0.15, -0.1) is 0 Å². The zero-order valence-corrected chi connectivity index (χ0v) is 15.0. The van der Waals surface area contributed by atoms with Gasteiger partial charge in [0.15, 0.2) is 0 Å². The Bertz CT molecular complexity index is 916. The molecule has 0 N–H and O–H groups in total. The molecule has 2 aliphatic heterocycles. The molecule has 2 aromatic rings. The Kier molecular flexibility index (Phi) is 3.80. The lowest BCUT2D eigenvalue weighted by molar-refractivity contribution is 0.261. The number of rotatable bonds is 2. The molecule has 1 fully saturated rings. The first-order chi connectivity index (χ1) is 12.0. The molecule has 0 saturated carbocycles. The van der Waals surface area contributed by atoms with Gasteiger partial charge < -0.3 is 4.90 Å². The first-order valence-electron chi connectivity index (χ1n) is 8.78. The van der Waals surface area contributed by atoms with E-state index in [4.69, 9.17) is 0 Å². The van der Waals surface area contributed by atoms with E-state index in [0.717, 1.165) is 30.9 Å². The SMILES string of the molecule is CN1CC[C@@H]2CN(Cc3ccccc3)c3c(c(=O)n(C)c(=O)n3C)[C@@H]21. The minimum atomic E-state index is -0.263. The molecule has 6 heteroatoms. The molecule has 0 spiro atoms. The molecule has 132 valence electrons. The summed E-state index contributed by atoms with van der Waals surface area (Å²) < 4.78 is 2.89. The van der Waals surface area contributed by atoms with Gasteiger partial charge in [-0.05, 0) is 31.5 Å². The molecular weight excluding hydrogens is 316 g/mol. The third-order valence-corrected chi connectivity index (χ3v) is 5.71. The van der Waals surface area contributed by atoms with Crippen LogP contribution in [0, 0.1) is 5.92 Å². The molecule has 1 aromatic heterocycles. The molecule has 0 unspecified atom stereocenters. The average Bonchev–Trinajstić information content (AvgIpc) is 2.98. The van der Waals surface area contributed by atoms with Gasteiger partial charge in [0.05, 0.1) is 5.56 Å². The summed E-state index contributed by atoms with van der Waals surface area (Å²) in [6.07, 6.45) is 1.08. The Hall–Kier alpha value is -2.34. The van der Waals surface area contributed by atoms with Gasteiger partial charge in [-0.1, -0.05) is 30.3 Å². The van der Waals surface area contributed by atoms with E-state index in [0.29, 0.717) is 12.5 Å². The van der Waals surface area contributed by atoms with Gasteiger partial charge in [0.25, 0.3) is 5.56 Å². The third-order valence-electron chi connectivity index (χ3n) is 5.71. The van der Waals surface area contributed by atoms with Crippen molar-refractivity contribution in [2.24, 2.45) is 20.0 Å². The number of anilines is 1. The first-order valence-corrected chi connectivity index (χ1v) is 8.78. The van der Waals surface area contributed by atoms with Crippen molar-refractivity contribution in [1.82, 2.24) is 14.0 Å². The quantitative estimate of drug-likeness (QED) is 0.821. The molecule has 0 radical (unpaired) electrons. The van der Waals surface area contributed by atoms with Gasteiger partial charge in [-0.25, -0.2) is 4.79 Å². The fourth-order valence-corrected chi connectivity index (χ4v) is 4.49. The maximum atomic E-state index is 13.0. The van der Waals surface area contributed by atoms with Crippen molar-refractivity contribution in [3.63, 3.8) is 0 Å². The molecular formula is C19H24N4O2. The van der Waals surface area contributed by atoms with Gasteiger partial charge in [0.2, 0.25) is 0 Å². The van der Waals surface area contributed by atoms with Crippen LogP contribution in [0.1, 0.15) is 23.6 Å². The van der Waals surface area contributed by atoms with Gasteiger partial charge in [0.1, 0.15) is 5.82 Å². The van der Waals surface area contributed by atoms with E-state index in [-0.39, 0.29) is 17.3 Å². The lowest BCUT2D eigenvalue weighted by Gasteiger charge is -2.40. The third kappa shape index (κ3) is 2.43. The summed E-state index contributed by atoms with van der Waals surface area (Å²) in [5.41, 5.74) is 1.55. The molecule has 25 heavy (non-hydrogen) atoms. The summed E-state index contributed by atoms with van der Waals surface area (Å²) in [7, 11) is 5.42. The van der Waals surface area contributed by atoms with Crippen molar-refractivity contribution < 1.29 is 0 Å². The highest BCUT2D eigenvalue weighted by Gasteiger charge is 2.43. The second-order valence-electron chi connectivity index (χ2n) is 7.28. The number of fused-ring (bicyclic) bond motifs is 3. The standard InChI is InChI=1S/C19H24N4O2/c1-20-10-9-14-12-23(11-13-7-5-4-6-8-13)17-15(16(14)20)18(24)22(3)19(25)21(17)2/h4-8,14,16H,9-12H2,1-3H3/t14-,16-/m1/s1. The summed E-state index contributed by atoms with van der Waals surface area (Å²) in [6.45, 7) is 2.57. The Morgan fingerprint density at radius 2 is 1.76 bits per heavy atom. The zero-order chi connectivity index (χ0) is 17.7. The minimum Gasteiger partial charge on any atom is -0.353 e. The van der Waals surface area contributed by atoms with Crippen LogP contribution < -0.4 is 16.1 Å². The maximum absolute atomic E-state index is 13.0. The highest BCUT2D eigenvalue weighted by Crippen LogP contribution is 2.43. The number of aromatic nitrogens is 2. The summed E-state index contributed by atoms with van der Waals surface area (Å²) >= 11 is 0. The fourth-order valence-electron chi connectivity index (χ4n) is 4.49. The van der Waals surface area contributed by atoms with E-state index in [1.165, 1.54) is 10.1 Å². The van der Waals surface area contributed by atoms with Crippen LogP contribution in [-0.2, 0) is 20.6 Å². The summed E-state index contributed by atoms with van der Waals surface area (Å²) in [4.78, 5) is 30.0. The molecule has 2 atom stereocenters. The van der Waals surface area contributed by atoms with Gasteiger partial charge in [-0.2, -0.15) is 0 Å². The van der Waals surface area contributed by atoms with E-state index in [2.05, 4.69) is 29.0 Å². The second-order valence-corrected chi connectivity index (χ2v) is 7.28. The highest BCUT2D eigenvalue weighted by molar-refractivity contribution is 5.52. The smallest absolute Gasteiger partial charge is 0.332 e. The zero-order valence-electron chi connectivity index (χ0n) is 15.0. The molecule has 2 aliphatic rings. The van der Waals surface area contributed by atoms with Crippen LogP contribution in [-0.4, -0.2) is 34.2 Å². The Labute approximate surface area is 146 Å². The Morgan fingerprint density at radius 3 is 2.48 bits per heavy atom. The van der Waals surface area contributed by atoms with Crippen LogP contribution in [0.15, 0.2) is 39.9 Å². The number of benzene rings is 1. The monoisotopic (exact) mass is 340 g/mol. The fraction of sp³-hybridized carbons (Fsp3) is 0.474. The van der Waals surface area contributed by atoms with E-state index in [9.17, 15) is 9.59 Å². The van der Waals surface area contributed by atoms with Crippen LogP contribution >= 0.6 is 0 Å². The van der Waals surface area contributed by atoms with Gasteiger partial charge in [0, 0.05) is 33.2 Å². The van der Waals surface area contributed by atoms with E-state index < -0.39 is 0 Å².